The number of hydrogen-bond acceptors (Lipinski definition) is 3. The average molecular weight is 122 g/mol. The molecule has 0 atom stereocenters. The molecular weight excluding hydrogens is 115 g/mol. The number of halogens is 1. The molecule has 0 bridgehead atoms. The van der Waals surface area contributed by atoms with E-state index in [2.05, 4.69) is 4.94 Å². The molecule has 0 aromatic heterocycles. The summed E-state index contributed by atoms with van der Waals surface area (Å²) < 4.78 is 10.8. The molecule has 0 aliphatic carbocycles. The third-order valence-electron chi connectivity index (χ3n) is 0.625. The van der Waals surface area contributed by atoms with Crippen LogP contribution in [0.5, 0.6) is 0 Å². The fourth-order valence-electron chi connectivity index (χ4n) is 0.262. The van der Waals surface area contributed by atoms with Crippen molar-refractivity contribution in [1.82, 2.24) is 0 Å². The summed E-state index contributed by atoms with van der Waals surface area (Å²) in [7, 11) is 0. The van der Waals surface area contributed by atoms with Crippen LogP contribution in [0, 0.1) is 0 Å². The molecule has 4 heteroatoms. The van der Waals surface area contributed by atoms with Crippen molar-refractivity contribution >= 4 is 5.97 Å². The van der Waals surface area contributed by atoms with Gasteiger partial charge in [0.05, 0.1) is 6.42 Å². The van der Waals surface area contributed by atoms with Crippen molar-refractivity contribution in [3.05, 3.63) is 0 Å². The molecule has 0 heterocycles. The van der Waals surface area contributed by atoms with E-state index in [4.69, 9.17) is 5.11 Å². The molecule has 0 saturated carbocycles. The van der Waals surface area contributed by atoms with E-state index < -0.39 is 5.97 Å². The summed E-state index contributed by atoms with van der Waals surface area (Å²) in [5, 5.41) is 8.08. The van der Waals surface area contributed by atoms with Crippen molar-refractivity contribution in [1.29, 1.82) is 0 Å². The van der Waals surface area contributed by atoms with Crippen LogP contribution in [-0.4, -0.2) is 17.7 Å². The number of rotatable bonds is 3. The summed E-state index contributed by atoms with van der Waals surface area (Å²) >= 11 is 0. The van der Waals surface area contributed by atoms with Crippen LogP contribution < -0.4 is 0 Å². The predicted molar refractivity (Wildman–Crippen MR) is 23.5 cm³/mol. The van der Waals surface area contributed by atoms with Crippen LogP contribution in [0.4, 0.5) is 4.53 Å². The lowest BCUT2D eigenvalue weighted by Gasteiger charge is -1.88. The van der Waals surface area contributed by atoms with Crippen LogP contribution in [0.2, 0.25) is 0 Å². The minimum absolute atomic E-state index is 0.0625. The highest BCUT2D eigenvalue weighted by Gasteiger charge is 1.99. The van der Waals surface area contributed by atoms with Gasteiger partial charge in [0.15, 0.2) is 0 Å². The van der Waals surface area contributed by atoms with E-state index in [-0.39, 0.29) is 19.4 Å². The Labute approximate surface area is 46.0 Å². The predicted octanol–water partition coefficient (Wildman–Crippen LogP) is 0.187. The van der Waals surface area contributed by atoms with Crippen molar-refractivity contribution in [2.45, 2.75) is 12.8 Å². The molecule has 8 heavy (non-hydrogen) atoms. The Morgan fingerprint density at radius 2 is 2.38 bits per heavy atom. The second-order valence-corrected chi connectivity index (χ2v) is 1.28. The molecule has 0 rings (SSSR count). The maximum Gasteiger partial charge on any atom is 0.348 e. The zero-order chi connectivity index (χ0) is 6.41. The number of aliphatic hydroxyl groups excluding tert-OH is 1. The van der Waals surface area contributed by atoms with Crippen molar-refractivity contribution in [3.8, 4) is 0 Å². The van der Waals surface area contributed by atoms with Gasteiger partial charge in [0.25, 0.3) is 0 Å². The number of hydrogen-bond donors (Lipinski definition) is 1. The summed E-state index contributed by atoms with van der Waals surface area (Å²) in [6.07, 6.45) is 0.190. The van der Waals surface area contributed by atoms with E-state index in [9.17, 15) is 9.32 Å². The van der Waals surface area contributed by atoms with Crippen molar-refractivity contribution < 1.29 is 19.4 Å². The summed E-state index contributed by atoms with van der Waals surface area (Å²) in [4.78, 5) is 12.7. The van der Waals surface area contributed by atoms with E-state index >= 15 is 0 Å². The first-order valence-corrected chi connectivity index (χ1v) is 2.23. The third kappa shape index (κ3) is 3.55. The Morgan fingerprint density at radius 3 is 2.75 bits per heavy atom. The molecule has 0 aliphatic heterocycles. The van der Waals surface area contributed by atoms with Gasteiger partial charge in [0, 0.05) is 11.1 Å². The Bertz CT molecular complexity index is 73.7. The van der Waals surface area contributed by atoms with Gasteiger partial charge in [-0.25, -0.2) is 4.79 Å². The Hall–Kier alpha value is -0.640. The normalized spacial score (nSPS) is 8.75. The van der Waals surface area contributed by atoms with Crippen molar-refractivity contribution in [3.63, 3.8) is 0 Å². The molecule has 1 N–H and O–H groups in total. The van der Waals surface area contributed by atoms with E-state index in [1.807, 2.05) is 0 Å². The molecule has 0 spiro atoms. The Balaban J connectivity index is 2.99. The largest absolute Gasteiger partial charge is 0.396 e. The first-order valence-electron chi connectivity index (χ1n) is 2.23. The number of aliphatic hydroxyl groups is 1. The minimum atomic E-state index is -0.931. The lowest BCUT2D eigenvalue weighted by molar-refractivity contribution is -0.183. The van der Waals surface area contributed by atoms with Gasteiger partial charge in [0.1, 0.15) is 0 Å². The van der Waals surface area contributed by atoms with Gasteiger partial charge in [-0.3, -0.25) is 4.94 Å². The number of carbonyl (C=O) groups excluding carboxylic acids is 1. The summed E-state index contributed by atoms with van der Waals surface area (Å²) in [6, 6.07) is 0. The van der Waals surface area contributed by atoms with Gasteiger partial charge in [-0.2, -0.15) is 0 Å². The van der Waals surface area contributed by atoms with Crippen molar-refractivity contribution in [2.75, 3.05) is 6.61 Å². The lowest BCUT2D eigenvalue weighted by atomic mass is 10.3. The molecule has 0 aromatic carbocycles. The summed E-state index contributed by atoms with van der Waals surface area (Å²) in [5.74, 6) is -0.931. The van der Waals surface area contributed by atoms with Gasteiger partial charge in [-0.15, -0.1) is 0 Å². The smallest absolute Gasteiger partial charge is 0.348 e. The van der Waals surface area contributed by atoms with Crippen LogP contribution in [0.1, 0.15) is 12.8 Å². The summed E-state index contributed by atoms with van der Waals surface area (Å²) in [6.45, 7) is -0.116. The molecule has 0 fully saturated rings. The zero-order valence-corrected chi connectivity index (χ0v) is 4.26. The van der Waals surface area contributed by atoms with E-state index in [1.54, 1.807) is 0 Å². The molecule has 0 aliphatic rings. The monoisotopic (exact) mass is 122 g/mol. The van der Waals surface area contributed by atoms with Crippen LogP contribution in [0.15, 0.2) is 0 Å². The highest BCUT2D eigenvalue weighted by molar-refractivity contribution is 5.68. The quantitative estimate of drug-likeness (QED) is 0.581. The molecule has 3 nitrogen and oxygen atoms in total. The lowest BCUT2D eigenvalue weighted by Crippen LogP contribution is -1.97. The maximum atomic E-state index is 10.8. The van der Waals surface area contributed by atoms with Crippen LogP contribution in [0.25, 0.3) is 0 Å². The minimum Gasteiger partial charge on any atom is -0.396 e. The van der Waals surface area contributed by atoms with E-state index in [1.165, 1.54) is 0 Å². The highest BCUT2D eigenvalue weighted by atomic mass is 19.3. The average Bonchev–Trinajstić information content (AvgIpc) is 1.83. The fourth-order valence-corrected chi connectivity index (χ4v) is 0.262. The van der Waals surface area contributed by atoms with Crippen LogP contribution in [0.3, 0.4) is 0 Å². The molecule has 0 aromatic rings. The van der Waals surface area contributed by atoms with Crippen molar-refractivity contribution in [2.24, 2.45) is 0 Å². The topological polar surface area (TPSA) is 46.5 Å². The SMILES string of the molecule is O=C(CCCO)OF. The number of carbonyl (C=O) groups is 1. The third-order valence-corrected chi connectivity index (χ3v) is 0.625. The first kappa shape index (κ1) is 7.36. The van der Waals surface area contributed by atoms with Gasteiger partial charge in [-0.05, 0) is 6.42 Å². The summed E-state index contributed by atoms with van der Waals surface area (Å²) in [5.41, 5.74) is 0. The second-order valence-electron chi connectivity index (χ2n) is 1.28. The molecule has 0 radical (unpaired) electrons. The fraction of sp³-hybridized carbons (Fsp3) is 0.750. The first-order chi connectivity index (χ1) is 3.81. The molecule has 48 valence electrons. The van der Waals surface area contributed by atoms with E-state index in [0.29, 0.717) is 0 Å². The van der Waals surface area contributed by atoms with E-state index in [0.717, 1.165) is 0 Å². The maximum absolute atomic E-state index is 10.8. The standard InChI is InChI=1S/C4H7FO3/c5-8-4(7)2-1-3-6/h6H,1-3H2. The van der Waals surface area contributed by atoms with Gasteiger partial charge < -0.3 is 5.11 Å². The highest BCUT2D eigenvalue weighted by Crippen LogP contribution is 1.90. The molecule has 0 amide bonds. The van der Waals surface area contributed by atoms with Gasteiger partial charge >= 0.3 is 5.97 Å². The Kier molecular flexibility index (Phi) is 4.16. The molecule has 0 saturated heterocycles. The van der Waals surface area contributed by atoms with Gasteiger partial charge in [-0.1, -0.05) is 0 Å². The second kappa shape index (κ2) is 4.52. The molecule has 0 unspecified atom stereocenters. The zero-order valence-electron chi connectivity index (χ0n) is 4.26. The van der Waals surface area contributed by atoms with Gasteiger partial charge in [0.2, 0.25) is 0 Å². The molecular formula is C4H7FO3. The van der Waals surface area contributed by atoms with Crippen LogP contribution >= 0.6 is 0 Å². The Morgan fingerprint density at radius 1 is 1.75 bits per heavy atom. The van der Waals surface area contributed by atoms with Crippen LogP contribution in [-0.2, 0) is 9.74 Å².